The molecule has 0 radical (unpaired) electrons. The predicted molar refractivity (Wildman–Crippen MR) is 111 cm³/mol. The molecule has 3 nitrogen and oxygen atoms in total. The van der Waals surface area contributed by atoms with Crippen LogP contribution >= 0.6 is 0 Å². The Balaban J connectivity index is 1.63. The zero-order valence-electron chi connectivity index (χ0n) is 16.4. The third-order valence-corrected chi connectivity index (χ3v) is 6.61. The molecule has 1 aliphatic rings. The minimum Gasteiger partial charge on any atom is -0.358 e. The molecule has 3 heteroatoms. The highest BCUT2D eigenvalue weighted by Crippen LogP contribution is 2.47. The van der Waals surface area contributed by atoms with Gasteiger partial charge in [-0.15, -0.1) is 0 Å². The molecule has 1 aliphatic carbocycles. The third kappa shape index (κ3) is 2.95. The van der Waals surface area contributed by atoms with Gasteiger partial charge < -0.3 is 4.98 Å². The number of nitrogens with zero attached hydrogens (tertiary/aromatic N) is 2. The zero-order chi connectivity index (χ0) is 19.0. The van der Waals surface area contributed by atoms with Gasteiger partial charge in [0.1, 0.15) is 0 Å². The van der Waals surface area contributed by atoms with Gasteiger partial charge in [-0.1, -0.05) is 30.3 Å². The van der Waals surface area contributed by atoms with E-state index in [1.807, 2.05) is 18.2 Å². The average Bonchev–Trinajstić information content (AvgIpc) is 3.04. The van der Waals surface area contributed by atoms with Crippen LogP contribution in [-0.2, 0) is 5.54 Å². The van der Waals surface area contributed by atoms with Crippen molar-refractivity contribution in [2.24, 2.45) is 0 Å². The van der Waals surface area contributed by atoms with E-state index in [1.54, 1.807) is 0 Å². The summed E-state index contributed by atoms with van der Waals surface area (Å²) in [5.41, 5.74) is 6.11. The summed E-state index contributed by atoms with van der Waals surface area (Å²) >= 11 is 0. The summed E-state index contributed by atoms with van der Waals surface area (Å²) in [6.07, 6.45) is 4.66. The number of fused-ring (bicyclic) bond motifs is 1. The molecule has 1 aromatic heterocycles. The smallest absolute Gasteiger partial charge is 0.0991 e. The van der Waals surface area contributed by atoms with E-state index in [0.29, 0.717) is 5.92 Å². The quantitative estimate of drug-likeness (QED) is 0.676. The van der Waals surface area contributed by atoms with Gasteiger partial charge in [-0.05, 0) is 81.9 Å². The summed E-state index contributed by atoms with van der Waals surface area (Å²) in [4.78, 5) is 6.07. The molecular weight excluding hydrogens is 330 g/mol. The van der Waals surface area contributed by atoms with E-state index in [-0.39, 0.29) is 5.54 Å². The molecule has 0 unspecified atom stereocenters. The molecule has 0 amide bonds. The number of hydrogen-bond donors (Lipinski definition) is 1. The Morgan fingerprint density at radius 3 is 2.41 bits per heavy atom. The molecule has 0 atom stereocenters. The normalized spacial score (nSPS) is 22.9. The summed E-state index contributed by atoms with van der Waals surface area (Å²) in [5.74, 6) is 0.555. The fourth-order valence-corrected chi connectivity index (χ4v) is 4.95. The van der Waals surface area contributed by atoms with Crippen molar-refractivity contribution >= 4 is 10.9 Å². The van der Waals surface area contributed by atoms with Crippen LogP contribution in [-0.4, -0.2) is 24.0 Å². The van der Waals surface area contributed by atoms with Gasteiger partial charge in [0.05, 0.1) is 11.6 Å². The SMILES string of the molecule is Cc1c(C2CCC(c3ccccc3)(N(C)C)CC2)[nH]c2ccc(C#N)cc12. The van der Waals surface area contributed by atoms with Crippen LogP contribution in [0, 0.1) is 18.3 Å². The van der Waals surface area contributed by atoms with Gasteiger partial charge in [0.15, 0.2) is 0 Å². The topological polar surface area (TPSA) is 42.8 Å². The second-order valence-corrected chi connectivity index (χ2v) is 8.10. The number of H-pyrrole nitrogens is 1. The van der Waals surface area contributed by atoms with E-state index >= 15 is 0 Å². The van der Waals surface area contributed by atoms with Crippen molar-refractivity contribution in [1.29, 1.82) is 5.26 Å². The largest absolute Gasteiger partial charge is 0.358 e. The fraction of sp³-hybridized carbons (Fsp3) is 0.375. The van der Waals surface area contributed by atoms with Crippen molar-refractivity contribution < 1.29 is 0 Å². The fourth-order valence-electron chi connectivity index (χ4n) is 4.95. The molecule has 2 aromatic carbocycles. The van der Waals surface area contributed by atoms with Gasteiger partial charge in [-0.25, -0.2) is 0 Å². The van der Waals surface area contributed by atoms with Crippen LogP contribution in [0.25, 0.3) is 10.9 Å². The van der Waals surface area contributed by atoms with E-state index in [4.69, 9.17) is 0 Å². The molecule has 27 heavy (non-hydrogen) atoms. The first-order valence-electron chi connectivity index (χ1n) is 9.80. The summed E-state index contributed by atoms with van der Waals surface area (Å²) < 4.78 is 0. The molecule has 1 saturated carbocycles. The van der Waals surface area contributed by atoms with Crippen molar-refractivity contribution in [2.45, 2.75) is 44.1 Å². The number of aromatic amines is 1. The Morgan fingerprint density at radius 1 is 1.07 bits per heavy atom. The van der Waals surface area contributed by atoms with Crippen LogP contribution in [0.15, 0.2) is 48.5 Å². The third-order valence-electron chi connectivity index (χ3n) is 6.61. The molecule has 1 fully saturated rings. The van der Waals surface area contributed by atoms with Crippen LogP contribution in [0.4, 0.5) is 0 Å². The van der Waals surface area contributed by atoms with Crippen LogP contribution in [0.5, 0.6) is 0 Å². The first-order chi connectivity index (χ1) is 13.0. The number of nitrogens with one attached hydrogen (secondary N) is 1. The lowest BCUT2D eigenvalue weighted by molar-refractivity contribution is 0.0904. The number of hydrogen-bond acceptors (Lipinski definition) is 2. The van der Waals surface area contributed by atoms with Crippen molar-refractivity contribution in [1.82, 2.24) is 9.88 Å². The Morgan fingerprint density at radius 2 is 1.78 bits per heavy atom. The van der Waals surface area contributed by atoms with Crippen LogP contribution in [0.1, 0.15) is 54.0 Å². The number of rotatable bonds is 3. The van der Waals surface area contributed by atoms with Crippen molar-refractivity contribution in [3.8, 4) is 6.07 Å². The Bertz CT molecular complexity index is 984. The van der Waals surface area contributed by atoms with Gasteiger partial charge in [-0.3, -0.25) is 4.90 Å². The Hall–Kier alpha value is -2.57. The van der Waals surface area contributed by atoms with E-state index in [9.17, 15) is 5.26 Å². The molecule has 1 N–H and O–H groups in total. The summed E-state index contributed by atoms with van der Waals surface area (Å²) in [7, 11) is 4.43. The first-order valence-corrected chi connectivity index (χ1v) is 9.80. The minimum atomic E-state index is 0.131. The lowest BCUT2D eigenvalue weighted by Crippen LogP contribution is -2.44. The van der Waals surface area contributed by atoms with Crippen molar-refractivity contribution in [3.63, 3.8) is 0 Å². The highest BCUT2D eigenvalue weighted by molar-refractivity contribution is 5.85. The maximum absolute atomic E-state index is 9.20. The van der Waals surface area contributed by atoms with Crippen molar-refractivity contribution in [2.75, 3.05) is 14.1 Å². The van der Waals surface area contributed by atoms with Gasteiger partial charge in [-0.2, -0.15) is 5.26 Å². The van der Waals surface area contributed by atoms with E-state index in [1.165, 1.54) is 35.0 Å². The molecule has 0 aliphatic heterocycles. The van der Waals surface area contributed by atoms with Crippen LogP contribution in [0.2, 0.25) is 0 Å². The molecule has 138 valence electrons. The van der Waals surface area contributed by atoms with Gasteiger partial charge in [0.25, 0.3) is 0 Å². The molecule has 0 spiro atoms. The molecule has 4 rings (SSSR count). The Labute approximate surface area is 161 Å². The number of benzene rings is 2. The highest BCUT2D eigenvalue weighted by Gasteiger charge is 2.39. The second-order valence-electron chi connectivity index (χ2n) is 8.10. The summed E-state index contributed by atoms with van der Waals surface area (Å²) in [6, 6.07) is 19.2. The van der Waals surface area contributed by atoms with Crippen LogP contribution < -0.4 is 0 Å². The first kappa shape index (κ1) is 17.8. The van der Waals surface area contributed by atoms with E-state index in [0.717, 1.165) is 23.9 Å². The van der Waals surface area contributed by atoms with E-state index in [2.05, 4.69) is 67.3 Å². The average molecular weight is 358 g/mol. The maximum atomic E-state index is 9.20. The number of aromatic nitrogens is 1. The van der Waals surface area contributed by atoms with Gasteiger partial charge >= 0.3 is 0 Å². The van der Waals surface area contributed by atoms with Crippen molar-refractivity contribution in [3.05, 3.63) is 70.9 Å². The zero-order valence-corrected chi connectivity index (χ0v) is 16.4. The lowest BCUT2D eigenvalue weighted by Gasteiger charge is -2.45. The second kappa shape index (κ2) is 6.87. The summed E-state index contributed by atoms with van der Waals surface area (Å²) in [5, 5.41) is 10.4. The molecule has 3 aromatic rings. The number of nitriles is 1. The maximum Gasteiger partial charge on any atom is 0.0991 e. The highest BCUT2D eigenvalue weighted by atomic mass is 15.1. The van der Waals surface area contributed by atoms with Gasteiger partial charge in [0, 0.05) is 22.1 Å². The molecule has 1 heterocycles. The standard InChI is InChI=1S/C24H27N3/c1-17-21-15-18(16-25)9-10-22(21)26-23(17)19-11-13-24(14-12-19,27(2)3)20-7-5-4-6-8-20/h4-10,15,19,26H,11-14H2,1-3H3. The lowest BCUT2D eigenvalue weighted by atomic mass is 9.71. The minimum absolute atomic E-state index is 0.131. The van der Waals surface area contributed by atoms with E-state index < -0.39 is 0 Å². The number of aryl methyl sites for hydroxylation is 1. The summed E-state index contributed by atoms with van der Waals surface area (Å²) in [6.45, 7) is 2.19. The predicted octanol–water partition coefficient (Wildman–Crippen LogP) is 5.46. The van der Waals surface area contributed by atoms with Crippen LogP contribution in [0.3, 0.4) is 0 Å². The Kier molecular flexibility index (Phi) is 4.53. The molecule has 0 saturated heterocycles. The molecular formula is C24H27N3. The monoisotopic (exact) mass is 357 g/mol. The van der Waals surface area contributed by atoms with Gasteiger partial charge in [0.2, 0.25) is 0 Å². The molecule has 0 bridgehead atoms.